The second-order valence-corrected chi connectivity index (χ2v) is 4.07. The number of ether oxygens (including phenoxy) is 1. The Balaban J connectivity index is 0.000000982. The molecule has 0 bridgehead atoms. The van der Waals surface area contributed by atoms with Crippen LogP contribution in [0.15, 0.2) is 28.8 Å². The van der Waals surface area contributed by atoms with E-state index < -0.39 is 0 Å². The van der Waals surface area contributed by atoms with E-state index in [2.05, 4.69) is 17.2 Å². The van der Waals surface area contributed by atoms with Crippen molar-refractivity contribution in [1.29, 1.82) is 0 Å². The van der Waals surface area contributed by atoms with Gasteiger partial charge >= 0.3 is 0 Å². The Morgan fingerprint density at radius 1 is 1.47 bits per heavy atom. The van der Waals surface area contributed by atoms with Crippen LogP contribution < -0.4 is 10.5 Å². The van der Waals surface area contributed by atoms with E-state index in [0.29, 0.717) is 11.6 Å². The average Bonchev–Trinajstić information content (AvgIpc) is 2.40. The number of phenolic OH excluding ortho intramolecular Hbond substituents is 1. The molecular formula is C14H20N2O2S. The fraction of sp³-hybridized carbons (Fsp3) is 0.286. The molecule has 1 aromatic carbocycles. The molecule has 5 heteroatoms. The Bertz CT molecular complexity index is 482. The number of nitrogens with two attached hydrogens (primary N) is 1. The first-order valence-electron chi connectivity index (χ1n) is 5.67. The molecule has 0 atom stereocenters. The molecular weight excluding hydrogens is 260 g/mol. The highest BCUT2D eigenvalue weighted by atomic mass is 32.1. The van der Waals surface area contributed by atoms with Crippen LogP contribution in [0.5, 0.6) is 11.5 Å². The van der Waals surface area contributed by atoms with Gasteiger partial charge < -0.3 is 15.6 Å². The average molecular weight is 280 g/mol. The summed E-state index contributed by atoms with van der Waals surface area (Å²) in [6.45, 7) is 3.69. The minimum atomic E-state index is 0.120. The largest absolute Gasteiger partial charge is 0.504 e. The minimum Gasteiger partial charge on any atom is -0.504 e. The first-order valence-corrected chi connectivity index (χ1v) is 6.15. The molecule has 4 nitrogen and oxygen atoms in total. The molecule has 0 aliphatic rings. The lowest BCUT2D eigenvalue weighted by Crippen LogP contribution is -2.12. The third kappa shape index (κ3) is 6.01. The second-order valence-electron chi connectivity index (χ2n) is 3.60. The van der Waals surface area contributed by atoms with Gasteiger partial charge in [-0.05, 0) is 48.6 Å². The predicted octanol–water partition coefficient (Wildman–Crippen LogP) is 2.80. The van der Waals surface area contributed by atoms with Gasteiger partial charge in [0.1, 0.15) is 5.84 Å². The van der Waals surface area contributed by atoms with Gasteiger partial charge in [0.15, 0.2) is 11.5 Å². The molecule has 19 heavy (non-hydrogen) atoms. The van der Waals surface area contributed by atoms with Crippen molar-refractivity contribution < 1.29 is 9.84 Å². The van der Waals surface area contributed by atoms with E-state index in [1.54, 1.807) is 30.6 Å². The van der Waals surface area contributed by atoms with Crippen LogP contribution in [0.2, 0.25) is 0 Å². The van der Waals surface area contributed by atoms with Crippen LogP contribution in [0.25, 0.3) is 6.08 Å². The van der Waals surface area contributed by atoms with Gasteiger partial charge in [-0.15, -0.1) is 0 Å². The van der Waals surface area contributed by atoms with Crippen LogP contribution in [-0.2, 0) is 0 Å². The quantitative estimate of drug-likeness (QED) is 0.507. The fourth-order valence-corrected chi connectivity index (χ4v) is 1.28. The zero-order valence-corrected chi connectivity index (χ0v) is 12.5. The molecule has 0 saturated heterocycles. The van der Waals surface area contributed by atoms with Crippen molar-refractivity contribution in [2.24, 2.45) is 10.7 Å². The van der Waals surface area contributed by atoms with Crippen LogP contribution in [0.1, 0.15) is 19.4 Å². The van der Waals surface area contributed by atoms with Crippen molar-refractivity contribution in [3.05, 3.63) is 29.3 Å². The van der Waals surface area contributed by atoms with Crippen molar-refractivity contribution in [1.82, 2.24) is 0 Å². The number of rotatable bonds is 3. The van der Waals surface area contributed by atoms with Gasteiger partial charge in [-0.25, -0.2) is 0 Å². The summed E-state index contributed by atoms with van der Waals surface area (Å²) in [7, 11) is 3.15. The van der Waals surface area contributed by atoms with Crippen molar-refractivity contribution in [3.63, 3.8) is 0 Å². The number of thiocarbonyl (C=S) groups is 1. The highest BCUT2D eigenvalue weighted by Gasteiger charge is 2.02. The molecule has 0 amide bonds. The molecule has 1 aromatic rings. The third-order valence-corrected chi connectivity index (χ3v) is 2.23. The van der Waals surface area contributed by atoms with Crippen molar-refractivity contribution in [2.75, 3.05) is 14.2 Å². The van der Waals surface area contributed by atoms with Gasteiger partial charge in [-0.3, -0.25) is 4.99 Å². The normalized spacial score (nSPS) is 11.4. The van der Waals surface area contributed by atoms with Gasteiger partial charge in [0.2, 0.25) is 0 Å². The number of hydrogen-bond donors (Lipinski definition) is 2. The molecule has 0 aromatic heterocycles. The molecule has 1 rings (SSSR count). The Morgan fingerprint density at radius 2 is 2.05 bits per heavy atom. The summed E-state index contributed by atoms with van der Waals surface area (Å²) in [5, 5.41) is 11.0. The van der Waals surface area contributed by atoms with E-state index in [4.69, 9.17) is 10.5 Å². The summed E-state index contributed by atoms with van der Waals surface area (Å²) in [6.07, 6.45) is 1.88. The van der Waals surface area contributed by atoms with E-state index in [1.807, 2.05) is 19.9 Å². The molecule has 0 aliphatic carbocycles. The summed E-state index contributed by atoms with van der Waals surface area (Å²) in [5.41, 5.74) is 7.44. The highest BCUT2D eigenvalue weighted by Crippen LogP contribution is 2.27. The molecule has 104 valence electrons. The minimum absolute atomic E-state index is 0.120. The number of aromatic hydroxyl groups is 1. The molecule has 0 saturated carbocycles. The first-order chi connectivity index (χ1) is 8.99. The summed E-state index contributed by atoms with van der Waals surface area (Å²) >= 11 is 4.27. The first kappa shape index (κ1) is 17.1. The summed E-state index contributed by atoms with van der Waals surface area (Å²) < 4.78 is 5.01. The van der Waals surface area contributed by atoms with Gasteiger partial charge in [0.05, 0.1) is 7.11 Å². The Labute approximate surface area is 119 Å². The van der Waals surface area contributed by atoms with E-state index in [1.165, 1.54) is 7.11 Å². The second kappa shape index (κ2) is 9.10. The van der Waals surface area contributed by atoms with Crippen LogP contribution in [-0.4, -0.2) is 30.5 Å². The van der Waals surface area contributed by atoms with Crippen LogP contribution in [0, 0.1) is 0 Å². The van der Waals surface area contributed by atoms with Crippen molar-refractivity contribution in [3.8, 4) is 11.5 Å². The topological polar surface area (TPSA) is 67.8 Å². The molecule has 0 heterocycles. The summed E-state index contributed by atoms with van der Waals surface area (Å²) in [4.78, 5) is 3.89. The lowest BCUT2D eigenvalue weighted by molar-refractivity contribution is 0.373. The van der Waals surface area contributed by atoms with E-state index in [9.17, 15) is 5.11 Å². The molecule has 0 radical (unpaired) electrons. The van der Waals surface area contributed by atoms with E-state index in [-0.39, 0.29) is 5.75 Å². The number of phenols is 1. The standard InChI is InChI=1S/C12H16N2O2.C2H4S/c1-8(12(13)14-2)6-9-4-5-10(15)11(7-9)16-3;1-2-3/h4-7,15H,1-3H3,(H2,13,14);2H,1H3/b8-6+;. The highest BCUT2D eigenvalue weighted by molar-refractivity contribution is 7.78. The number of hydrogen-bond acceptors (Lipinski definition) is 4. The smallest absolute Gasteiger partial charge is 0.161 e. The molecule has 0 aliphatic heterocycles. The van der Waals surface area contributed by atoms with Crippen molar-refractivity contribution >= 4 is 29.5 Å². The van der Waals surface area contributed by atoms with Gasteiger partial charge in [0, 0.05) is 7.05 Å². The Hall–Kier alpha value is -1.88. The summed E-state index contributed by atoms with van der Waals surface area (Å²) in [6, 6.07) is 5.10. The maximum atomic E-state index is 9.43. The van der Waals surface area contributed by atoms with Crippen LogP contribution >= 0.6 is 12.2 Å². The predicted molar refractivity (Wildman–Crippen MR) is 85.2 cm³/mol. The zero-order valence-electron chi connectivity index (χ0n) is 11.7. The maximum Gasteiger partial charge on any atom is 0.161 e. The number of aliphatic imine (C=N–C) groups is 1. The SMILES string of the molecule is CC=S.CN=C(N)/C(C)=C/c1ccc(O)c(OC)c1. The lowest BCUT2D eigenvalue weighted by atomic mass is 10.1. The van der Waals surface area contributed by atoms with Crippen molar-refractivity contribution in [2.45, 2.75) is 13.8 Å². The number of amidine groups is 1. The fourth-order valence-electron chi connectivity index (χ4n) is 1.28. The Morgan fingerprint density at radius 3 is 2.53 bits per heavy atom. The molecule has 0 fully saturated rings. The van der Waals surface area contributed by atoms with Crippen LogP contribution in [0.4, 0.5) is 0 Å². The van der Waals surface area contributed by atoms with Gasteiger partial charge in [-0.2, -0.15) is 0 Å². The monoisotopic (exact) mass is 280 g/mol. The molecule has 0 spiro atoms. The number of benzene rings is 1. The Kier molecular flexibility index (Phi) is 8.20. The van der Waals surface area contributed by atoms with E-state index in [0.717, 1.165) is 11.1 Å². The number of nitrogens with zero attached hydrogens (tertiary/aromatic N) is 1. The summed E-state index contributed by atoms with van der Waals surface area (Å²) in [5.74, 6) is 1.05. The zero-order chi connectivity index (χ0) is 14.8. The molecule has 3 N–H and O–H groups in total. The van der Waals surface area contributed by atoms with E-state index >= 15 is 0 Å². The van der Waals surface area contributed by atoms with Gasteiger partial charge in [0.25, 0.3) is 0 Å². The maximum absolute atomic E-state index is 9.43. The molecule has 0 unspecified atom stereocenters. The number of methoxy groups -OCH3 is 1. The van der Waals surface area contributed by atoms with Crippen LogP contribution in [0.3, 0.4) is 0 Å². The third-order valence-electron chi connectivity index (χ3n) is 2.23. The van der Waals surface area contributed by atoms with Gasteiger partial charge in [-0.1, -0.05) is 18.3 Å². The lowest BCUT2D eigenvalue weighted by Gasteiger charge is -2.05.